The average Bonchev–Trinajstić information content (AvgIpc) is 3.48. The number of alkyl halides is 3. The Kier molecular flexibility index (Phi) is 8.08. The molecule has 3 aliphatic heterocycles. The van der Waals surface area contributed by atoms with Gasteiger partial charge in [0.05, 0.1) is 44.9 Å². The second-order valence-corrected chi connectivity index (χ2v) is 14.9. The van der Waals surface area contributed by atoms with Crippen LogP contribution in [-0.2, 0) is 0 Å². The van der Waals surface area contributed by atoms with Gasteiger partial charge in [-0.1, -0.05) is 17.7 Å². The van der Waals surface area contributed by atoms with Crippen LogP contribution in [0.15, 0.2) is 12.1 Å². The minimum atomic E-state index is -2.83. The second kappa shape index (κ2) is 12.2. The van der Waals surface area contributed by atoms with Crippen molar-refractivity contribution >= 4 is 54.7 Å². The van der Waals surface area contributed by atoms with Gasteiger partial charge in [0.25, 0.3) is 6.43 Å². The molecule has 3 fully saturated rings. The molecule has 2 aromatic heterocycles. The highest BCUT2D eigenvalue weighted by molar-refractivity contribution is 7.23. The summed E-state index contributed by atoms with van der Waals surface area (Å²) in [6, 6.07) is 5.57. The van der Waals surface area contributed by atoms with E-state index in [9.17, 15) is 23.7 Å². The molecule has 4 aliphatic rings. The Balaban J connectivity index is 1.34. The Labute approximate surface area is 291 Å². The number of nitrogens with two attached hydrogens (primary N) is 1. The molecular formula is C34H29ClF5N7O2S. The maximum absolute atomic E-state index is 17.2. The van der Waals surface area contributed by atoms with Crippen LogP contribution in [0.1, 0.15) is 37.7 Å². The van der Waals surface area contributed by atoms with Crippen molar-refractivity contribution in [3.8, 4) is 35.0 Å². The fourth-order valence-electron chi connectivity index (χ4n) is 8.07. The van der Waals surface area contributed by atoms with E-state index in [0.29, 0.717) is 25.8 Å². The molecule has 0 bridgehead atoms. The molecule has 2 saturated heterocycles. The van der Waals surface area contributed by atoms with Crippen LogP contribution in [0.2, 0.25) is 5.02 Å². The van der Waals surface area contributed by atoms with Gasteiger partial charge in [-0.25, -0.2) is 22.0 Å². The molecule has 2 N–H and O–H groups in total. The molecular weight excluding hydrogens is 701 g/mol. The fourth-order valence-corrected chi connectivity index (χ4v) is 9.36. The minimum absolute atomic E-state index is 0.00766. The van der Waals surface area contributed by atoms with Crippen molar-refractivity contribution in [1.29, 1.82) is 10.5 Å². The van der Waals surface area contributed by atoms with Gasteiger partial charge in [0.1, 0.15) is 47.6 Å². The van der Waals surface area contributed by atoms with Crippen LogP contribution in [0.25, 0.3) is 32.1 Å². The summed E-state index contributed by atoms with van der Waals surface area (Å²) in [6.07, 6.45) is -1.18. The van der Waals surface area contributed by atoms with Gasteiger partial charge in [-0.2, -0.15) is 20.5 Å². The summed E-state index contributed by atoms with van der Waals surface area (Å²) >= 11 is 7.80. The molecule has 8 rings (SSSR count). The number of hydrogen-bond acceptors (Lipinski definition) is 10. The standard InChI is InChI=1S/C34H29ClF5N7O2S/c35-26-24(19-2-3-21(37)30-23(19)20(10-42)31(43)50-30)27(40)28-25-29(26)48-13-18(7-15-6-16(15)9-41)47(12-22(38)39)32(25)45-33(44-28)49-14-34-4-1-5-46(34)11-17(36)8-34/h2-3,15-18,22H,1,4-8,11-14,43H2/t15?,16?,17-,18?,34+/m1/s1. The van der Waals surface area contributed by atoms with Crippen molar-refractivity contribution in [2.45, 2.75) is 56.3 Å². The highest BCUT2D eigenvalue weighted by atomic mass is 35.5. The molecule has 260 valence electrons. The first-order valence-corrected chi connectivity index (χ1v) is 17.5. The minimum Gasteiger partial charge on any atom is -0.489 e. The van der Waals surface area contributed by atoms with Crippen molar-refractivity contribution < 1.29 is 31.4 Å². The van der Waals surface area contributed by atoms with Crippen molar-refractivity contribution in [1.82, 2.24) is 14.9 Å². The Morgan fingerprint density at radius 2 is 2.04 bits per heavy atom. The van der Waals surface area contributed by atoms with E-state index in [1.54, 1.807) is 0 Å². The molecule has 5 heterocycles. The lowest BCUT2D eigenvalue weighted by Crippen LogP contribution is -2.44. The summed E-state index contributed by atoms with van der Waals surface area (Å²) in [6.45, 7) is 0.0135. The number of nitriles is 2. The van der Waals surface area contributed by atoms with Gasteiger partial charge < -0.3 is 20.1 Å². The van der Waals surface area contributed by atoms with Gasteiger partial charge in [0.2, 0.25) is 0 Å². The monoisotopic (exact) mass is 729 g/mol. The Hall–Kier alpha value is -4.18. The zero-order valence-electron chi connectivity index (χ0n) is 26.4. The highest BCUT2D eigenvalue weighted by Gasteiger charge is 2.50. The lowest BCUT2D eigenvalue weighted by molar-refractivity contribution is 0.107. The summed E-state index contributed by atoms with van der Waals surface area (Å²) in [4.78, 5) is 12.4. The van der Waals surface area contributed by atoms with E-state index in [-0.39, 0.29) is 103 Å². The third-order valence-electron chi connectivity index (χ3n) is 10.5. The quantitative estimate of drug-likeness (QED) is 0.187. The van der Waals surface area contributed by atoms with Gasteiger partial charge in [-0.3, -0.25) is 4.90 Å². The molecule has 2 aromatic carbocycles. The van der Waals surface area contributed by atoms with Gasteiger partial charge >= 0.3 is 6.01 Å². The zero-order chi connectivity index (χ0) is 35.1. The van der Waals surface area contributed by atoms with Crippen molar-refractivity contribution in [3.05, 3.63) is 34.4 Å². The molecule has 1 saturated carbocycles. The number of fused-ring (bicyclic) bond motifs is 2. The first-order chi connectivity index (χ1) is 24.0. The number of hydrogen-bond donors (Lipinski definition) is 1. The number of rotatable bonds is 8. The largest absolute Gasteiger partial charge is 0.489 e. The van der Waals surface area contributed by atoms with Crippen molar-refractivity contribution in [3.63, 3.8) is 0 Å². The fraction of sp³-hybridized carbons (Fsp3) is 0.471. The van der Waals surface area contributed by atoms with Crippen molar-refractivity contribution in [2.24, 2.45) is 11.8 Å². The number of thiophene rings is 1. The predicted molar refractivity (Wildman–Crippen MR) is 177 cm³/mol. The lowest BCUT2D eigenvalue weighted by atomic mass is 9.95. The lowest BCUT2D eigenvalue weighted by Gasteiger charge is -2.32. The number of aromatic nitrogens is 2. The van der Waals surface area contributed by atoms with E-state index in [4.69, 9.17) is 26.8 Å². The molecule has 4 aromatic rings. The van der Waals surface area contributed by atoms with Gasteiger partial charge in [-0.05, 0) is 49.8 Å². The van der Waals surface area contributed by atoms with Crippen LogP contribution in [0.3, 0.4) is 0 Å². The van der Waals surface area contributed by atoms with Gasteiger partial charge in [0.15, 0.2) is 11.6 Å². The molecule has 3 unspecified atom stereocenters. The summed E-state index contributed by atoms with van der Waals surface area (Å²) in [5, 5.41) is 19.1. The number of ether oxygens (including phenoxy) is 2. The van der Waals surface area contributed by atoms with E-state index < -0.39 is 42.4 Å². The van der Waals surface area contributed by atoms with E-state index in [1.807, 2.05) is 11.0 Å². The van der Waals surface area contributed by atoms with Crippen LogP contribution >= 0.6 is 22.9 Å². The number of nitrogens with zero attached hydrogens (tertiary/aromatic N) is 6. The molecule has 0 amide bonds. The molecule has 1 aliphatic carbocycles. The maximum atomic E-state index is 17.2. The van der Waals surface area contributed by atoms with E-state index >= 15 is 8.78 Å². The van der Waals surface area contributed by atoms with Gasteiger partial charge in [-0.15, -0.1) is 11.3 Å². The average molecular weight is 730 g/mol. The maximum Gasteiger partial charge on any atom is 0.319 e. The molecule has 50 heavy (non-hydrogen) atoms. The number of nitrogen functional groups attached to an aromatic ring is 1. The molecule has 16 heteroatoms. The first-order valence-electron chi connectivity index (χ1n) is 16.3. The summed E-state index contributed by atoms with van der Waals surface area (Å²) < 4.78 is 87.7. The van der Waals surface area contributed by atoms with Crippen LogP contribution in [0.4, 0.5) is 32.8 Å². The summed E-state index contributed by atoms with van der Waals surface area (Å²) in [5.41, 5.74) is 4.84. The number of benzene rings is 2. The first kappa shape index (κ1) is 33.0. The van der Waals surface area contributed by atoms with E-state index in [2.05, 4.69) is 16.0 Å². The van der Waals surface area contributed by atoms with Crippen LogP contribution in [0.5, 0.6) is 11.8 Å². The second-order valence-electron chi connectivity index (χ2n) is 13.5. The zero-order valence-corrected chi connectivity index (χ0v) is 27.9. The third kappa shape index (κ3) is 5.24. The Bertz CT molecular complexity index is 2140. The highest BCUT2D eigenvalue weighted by Crippen LogP contribution is 2.52. The topological polar surface area (TPSA) is 124 Å². The molecule has 9 nitrogen and oxygen atoms in total. The third-order valence-corrected chi connectivity index (χ3v) is 11.9. The van der Waals surface area contributed by atoms with Crippen molar-refractivity contribution in [2.75, 3.05) is 43.5 Å². The van der Waals surface area contributed by atoms with Crippen LogP contribution in [-0.4, -0.2) is 71.9 Å². The van der Waals surface area contributed by atoms with Crippen LogP contribution in [0, 0.1) is 46.1 Å². The molecule has 0 radical (unpaired) electrons. The Morgan fingerprint density at radius 3 is 2.78 bits per heavy atom. The number of halogens is 6. The summed E-state index contributed by atoms with van der Waals surface area (Å²) in [5.74, 6) is -2.11. The van der Waals surface area contributed by atoms with E-state index in [1.165, 1.54) is 11.0 Å². The molecule has 5 atom stereocenters. The molecule has 0 spiro atoms. The van der Waals surface area contributed by atoms with Crippen LogP contribution < -0.4 is 20.1 Å². The van der Waals surface area contributed by atoms with Gasteiger partial charge in [0, 0.05) is 29.8 Å². The summed E-state index contributed by atoms with van der Waals surface area (Å²) in [7, 11) is 0. The Morgan fingerprint density at radius 1 is 1.22 bits per heavy atom. The number of anilines is 2. The normalized spacial score (nSPS) is 25.8. The SMILES string of the molecule is N#Cc1c(N)sc2c(F)ccc(-c3c(Cl)c4c5c(nc(OC[C@@]67CCCN6C[C@H](F)C7)nc5c3F)N(CC(F)F)C(CC3CC3C#N)CO4)c12. The predicted octanol–water partition coefficient (Wildman–Crippen LogP) is 7.23. The smallest absolute Gasteiger partial charge is 0.319 e. The van der Waals surface area contributed by atoms with E-state index in [0.717, 1.165) is 23.8 Å².